The number of unbranched alkanes of at least 4 members (excludes halogenated alkanes) is 3. The molecule has 1 aromatic heterocycles. The van der Waals surface area contributed by atoms with Gasteiger partial charge >= 0.3 is 5.97 Å². The van der Waals surface area contributed by atoms with Gasteiger partial charge in [-0.15, -0.1) is 0 Å². The highest BCUT2D eigenvalue weighted by Crippen LogP contribution is 2.23. The number of carbonyl (C=O) groups excluding carboxylic acids is 2. The first-order valence-electron chi connectivity index (χ1n) is 13.9. The van der Waals surface area contributed by atoms with E-state index in [2.05, 4.69) is 22.1 Å². The van der Waals surface area contributed by atoms with Crippen molar-refractivity contribution >= 4 is 22.8 Å². The van der Waals surface area contributed by atoms with Crippen LogP contribution in [0.15, 0.2) is 57.9 Å². The summed E-state index contributed by atoms with van der Waals surface area (Å²) in [5, 5.41) is 6.50. The maximum Gasteiger partial charge on any atom is 0.311 e. The predicted molar refractivity (Wildman–Crippen MR) is 151 cm³/mol. The minimum Gasteiger partial charge on any atom is -0.463 e. The normalized spacial score (nSPS) is 12.7. The molecule has 1 heterocycles. The number of hydrogen-bond acceptors (Lipinski definition) is 6. The lowest BCUT2D eigenvalue weighted by Gasteiger charge is -2.16. The molecule has 3 rings (SSSR count). The summed E-state index contributed by atoms with van der Waals surface area (Å²) in [6.45, 7) is 4.03. The van der Waals surface area contributed by atoms with Crippen molar-refractivity contribution in [3.8, 4) is 16.9 Å². The molecule has 0 aliphatic carbocycles. The second-order valence-corrected chi connectivity index (χ2v) is 10.1. The smallest absolute Gasteiger partial charge is 0.311 e. The van der Waals surface area contributed by atoms with E-state index in [-0.39, 0.29) is 47.4 Å². The molecule has 8 N–H and O–H groups in total. The van der Waals surface area contributed by atoms with Gasteiger partial charge in [-0.05, 0) is 62.4 Å². The summed E-state index contributed by atoms with van der Waals surface area (Å²) in [6, 6.07) is 10.2. The van der Waals surface area contributed by atoms with E-state index >= 15 is 0 Å². The van der Waals surface area contributed by atoms with E-state index in [0.717, 1.165) is 38.6 Å². The molecular weight excluding hydrogens is 515 g/mol. The number of carbonyl (C=O) groups is 2. The van der Waals surface area contributed by atoms with Crippen molar-refractivity contribution in [2.75, 3.05) is 19.6 Å². The van der Waals surface area contributed by atoms with E-state index in [0.29, 0.717) is 41.6 Å². The summed E-state index contributed by atoms with van der Waals surface area (Å²) < 4.78 is 24.2. The van der Waals surface area contributed by atoms with E-state index in [9.17, 15) is 18.8 Å². The third-order valence-corrected chi connectivity index (χ3v) is 6.71. The molecule has 216 valence electrons. The van der Waals surface area contributed by atoms with Crippen molar-refractivity contribution in [3.05, 3.63) is 64.8 Å². The number of hydrogen-bond donors (Lipinski definition) is 4. The van der Waals surface area contributed by atoms with Gasteiger partial charge in [0.15, 0.2) is 5.43 Å². The van der Waals surface area contributed by atoms with Gasteiger partial charge in [0.2, 0.25) is 5.91 Å². The molecule has 10 heteroatoms. The van der Waals surface area contributed by atoms with Crippen LogP contribution in [0.25, 0.3) is 22.1 Å². The van der Waals surface area contributed by atoms with Crippen molar-refractivity contribution in [2.45, 2.75) is 64.0 Å². The first kappa shape index (κ1) is 30.9. The molecular formula is C30H41FN4O5+2. The molecule has 0 aliphatic rings. The van der Waals surface area contributed by atoms with Crippen LogP contribution in [-0.2, 0) is 9.59 Å². The van der Waals surface area contributed by atoms with Crippen LogP contribution >= 0.6 is 0 Å². The van der Waals surface area contributed by atoms with Crippen LogP contribution in [0.3, 0.4) is 0 Å². The van der Waals surface area contributed by atoms with Gasteiger partial charge in [0.25, 0.3) is 0 Å². The molecule has 2 atom stereocenters. The Morgan fingerprint density at radius 3 is 2.58 bits per heavy atom. The van der Waals surface area contributed by atoms with Gasteiger partial charge in [0.1, 0.15) is 23.4 Å². The fourth-order valence-electron chi connectivity index (χ4n) is 4.27. The van der Waals surface area contributed by atoms with E-state index in [1.54, 1.807) is 12.1 Å². The first-order valence-corrected chi connectivity index (χ1v) is 13.9. The molecule has 1 amide bonds. The number of ether oxygens (including phenoxy) is 1. The molecule has 0 aliphatic heterocycles. The third kappa shape index (κ3) is 9.55. The Balaban J connectivity index is 1.35. The summed E-state index contributed by atoms with van der Waals surface area (Å²) in [4.78, 5) is 37.4. The number of amides is 1. The summed E-state index contributed by atoms with van der Waals surface area (Å²) in [6.07, 6.45) is 6.94. The number of halogens is 1. The van der Waals surface area contributed by atoms with E-state index in [4.69, 9.17) is 9.15 Å². The quantitative estimate of drug-likeness (QED) is 0.121. The Bertz CT molecular complexity index is 1310. The first-order chi connectivity index (χ1) is 19.3. The fraction of sp³-hybridized carbons (Fsp3) is 0.433. The highest BCUT2D eigenvalue weighted by molar-refractivity contribution is 5.83. The average molecular weight is 557 g/mol. The summed E-state index contributed by atoms with van der Waals surface area (Å²) in [7, 11) is 0. The number of nitrogens with one attached hydrogen (secondary N) is 2. The Hall–Kier alpha value is -3.60. The molecule has 0 fully saturated rings. The number of quaternary nitrogens is 2. The number of fused-ring (bicyclic) bond motifs is 1. The third-order valence-electron chi connectivity index (χ3n) is 6.71. The van der Waals surface area contributed by atoms with Crippen molar-refractivity contribution in [1.29, 1.82) is 0 Å². The van der Waals surface area contributed by atoms with Crippen LogP contribution in [0, 0.1) is 5.82 Å². The minimum absolute atomic E-state index is 0.0443. The zero-order valence-electron chi connectivity index (χ0n) is 23.2. The fourth-order valence-corrected chi connectivity index (χ4v) is 4.27. The van der Waals surface area contributed by atoms with Crippen LogP contribution in [0.2, 0.25) is 0 Å². The van der Waals surface area contributed by atoms with Gasteiger partial charge in [0.05, 0.1) is 29.6 Å². The number of esters is 1. The molecule has 0 radical (unpaired) electrons. The van der Waals surface area contributed by atoms with Crippen molar-refractivity contribution in [1.82, 2.24) is 10.6 Å². The monoisotopic (exact) mass is 556 g/mol. The van der Waals surface area contributed by atoms with Gasteiger partial charge in [-0.25, -0.2) is 4.39 Å². The zero-order chi connectivity index (χ0) is 28.9. The van der Waals surface area contributed by atoms with Crippen molar-refractivity contribution in [3.63, 3.8) is 0 Å². The Morgan fingerprint density at radius 2 is 1.82 bits per heavy atom. The number of rotatable bonds is 16. The zero-order valence-corrected chi connectivity index (χ0v) is 23.2. The molecule has 0 saturated heterocycles. The maximum atomic E-state index is 13.2. The Labute approximate surface area is 233 Å². The van der Waals surface area contributed by atoms with Gasteiger partial charge in [-0.2, -0.15) is 0 Å². The Kier molecular flexibility index (Phi) is 12.3. The molecule has 2 unspecified atom stereocenters. The summed E-state index contributed by atoms with van der Waals surface area (Å²) in [5.41, 5.74) is 8.89. The van der Waals surface area contributed by atoms with E-state index in [1.807, 2.05) is 6.92 Å². The van der Waals surface area contributed by atoms with Crippen molar-refractivity contribution in [2.24, 2.45) is 0 Å². The second-order valence-electron chi connectivity index (χ2n) is 10.1. The van der Waals surface area contributed by atoms with Crippen LogP contribution in [0.4, 0.5) is 4.39 Å². The maximum absolute atomic E-state index is 13.2. The largest absolute Gasteiger partial charge is 0.463 e. The SMILES string of the molecule is CC(NCC([NH3+])CCCC[NH3+])C(=O)NCCCCCC(=O)Oc1ccc2c(=O)c(-c3ccc(F)cc3)coc2c1. The summed E-state index contributed by atoms with van der Waals surface area (Å²) >= 11 is 0. The van der Waals surface area contributed by atoms with Gasteiger partial charge in [-0.3, -0.25) is 14.4 Å². The van der Waals surface area contributed by atoms with Gasteiger partial charge in [-0.1, -0.05) is 18.6 Å². The van der Waals surface area contributed by atoms with Crippen molar-refractivity contribution < 1.29 is 34.6 Å². The average Bonchev–Trinajstić information content (AvgIpc) is 2.94. The second kappa shape index (κ2) is 15.9. The minimum atomic E-state index is -0.389. The Morgan fingerprint density at radius 1 is 1.05 bits per heavy atom. The summed E-state index contributed by atoms with van der Waals surface area (Å²) in [5.74, 6) is -0.530. The topological polar surface area (TPSA) is 153 Å². The molecule has 0 spiro atoms. The van der Waals surface area contributed by atoms with Crippen LogP contribution < -0.4 is 32.3 Å². The standard InChI is InChI=1S/C30H39FN4O5/c1-20(35-18-23(33)7-4-5-15-32)30(38)34-16-6-2-3-8-28(36)40-24-13-14-25-27(17-24)39-19-26(29(25)37)21-9-11-22(31)12-10-21/h9-14,17,19-20,23,35H,2-8,15-16,18,32-33H2,1H3,(H,34,38)/p+2. The van der Waals surface area contributed by atoms with Crippen LogP contribution in [0.1, 0.15) is 51.9 Å². The molecule has 9 nitrogen and oxygen atoms in total. The molecule has 3 aromatic rings. The number of benzene rings is 2. The lowest BCUT2D eigenvalue weighted by molar-refractivity contribution is -0.419. The molecule has 0 bridgehead atoms. The molecule has 0 saturated carbocycles. The van der Waals surface area contributed by atoms with Gasteiger partial charge in [0, 0.05) is 32.0 Å². The van der Waals surface area contributed by atoms with E-state index in [1.165, 1.54) is 36.6 Å². The van der Waals surface area contributed by atoms with Crippen LogP contribution in [0.5, 0.6) is 5.75 Å². The highest BCUT2D eigenvalue weighted by atomic mass is 19.1. The van der Waals surface area contributed by atoms with Gasteiger partial charge < -0.3 is 31.3 Å². The van der Waals surface area contributed by atoms with E-state index < -0.39 is 0 Å². The lowest BCUT2D eigenvalue weighted by Crippen LogP contribution is -2.65. The molecule has 40 heavy (non-hydrogen) atoms. The highest BCUT2D eigenvalue weighted by Gasteiger charge is 2.15. The lowest BCUT2D eigenvalue weighted by atomic mass is 10.1. The van der Waals surface area contributed by atoms with Crippen LogP contribution in [-0.4, -0.2) is 43.6 Å². The molecule has 2 aromatic carbocycles. The predicted octanol–water partition coefficient (Wildman–Crippen LogP) is 2.18.